The number of hydrazone groups is 1. The van der Waals surface area contributed by atoms with Gasteiger partial charge < -0.3 is 15.6 Å². The summed E-state index contributed by atoms with van der Waals surface area (Å²) in [7, 11) is 2.87. The fraction of sp³-hybridized carbons (Fsp3) is 0.222. The number of pyridine rings is 1. The topological polar surface area (TPSA) is 114 Å². The maximum Gasteiger partial charge on any atom is 0.330 e. The van der Waals surface area contributed by atoms with Crippen LogP contribution < -0.4 is 10.2 Å². The molecule has 0 unspecified atom stereocenters. The number of rotatable bonds is 5. The highest BCUT2D eigenvalue weighted by atomic mass is 16.6. The normalized spacial score (nSPS) is 10.8. The third-order valence-corrected chi connectivity index (χ3v) is 1.86. The van der Waals surface area contributed by atoms with Crippen LogP contribution in [0.25, 0.3) is 0 Å². The Kier molecular flexibility index (Phi) is 4.09. The molecule has 0 aliphatic rings. The molecule has 1 aromatic rings. The molecule has 1 rings (SSSR count). The van der Waals surface area contributed by atoms with Crippen LogP contribution in [0, 0.1) is 15.5 Å². The van der Waals surface area contributed by atoms with E-state index in [9.17, 15) is 10.1 Å². The van der Waals surface area contributed by atoms with E-state index in [1.807, 2.05) is 0 Å². The van der Waals surface area contributed by atoms with Crippen molar-refractivity contribution in [2.24, 2.45) is 5.10 Å². The Labute approximate surface area is 97.0 Å². The molecule has 0 bridgehead atoms. The zero-order chi connectivity index (χ0) is 12.8. The van der Waals surface area contributed by atoms with Crippen LogP contribution in [0.2, 0.25) is 0 Å². The van der Waals surface area contributed by atoms with Crippen LogP contribution in [0.5, 0.6) is 5.88 Å². The number of nitro groups is 1. The summed E-state index contributed by atoms with van der Waals surface area (Å²) >= 11 is 0. The molecular weight excluding hydrogens is 226 g/mol. The van der Waals surface area contributed by atoms with Crippen molar-refractivity contribution in [1.29, 1.82) is 5.41 Å². The summed E-state index contributed by atoms with van der Waals surface area (Å²) in [6, 6.07) is 2.66. The quantitative estimate of drug-likeness (QED) is 0.441. The highest BCUT2D eigenvalue weighted by Gasteiger charge is 2.17. The summed E-state index contributed by atoms with van der Waals surface area (Å²) in [4.78, 5) is 14.0. The Morgan fingerprint density at radius 2 is 2.41 bits per heavy atom. The van der Waals surface area contributed by atoms with Crippen molar-refractivity contribution in [1.82, 2.24) is 10.4 Å². The monoisotopic (exact) mass is 237 g/mol. The Balaban J connectivity index is 3.26. The Morgan fingerprint density at radius 3 is 2.88 bits per heavy atom. The lowest BCUT2D eigenvalue weighted by Crippen LogP contribution is -2.11. The van der Waals surface area contributed by atoms with E-state index in [2.05, 4.69) is 15.5 Å². The minimum absolute atomic E-state index is 0.113. The minimum Gasteiger partial charge on any atom is -0.476 e. The van der Waals surface area contributed by atoms with Crippen molar-refractivity contribution < 1.29 is 9.66 Å². The second-order valence-electron chi connectivity index (χ2n) is 2.85. The fourth-order valence-electron chi connectivity index (χ4n) is 1.15. The van der Waals surface area contributed by atoms with Crippen molar-refractivity contribution in [2.45, 2.75) is 0 Å². The standard InChI is InChI=1S/C9H11N5O3/c1-11-13-7(5-10)6-3-4-8(14(15)16)9(12-6)17-2/h3-5,10-11H,1-2H3/b10-5?,13-7+. The minimum atomic E-state index is -0.588. The molecule has 17 heavy (non-hydrogen) atoms. The van der Waals surface area contributed by atoms with E-state index >= 15 is 0 Å². The molecule has 0 aliphatic carbocycles. The Morgan fingerprint density at radius 1 is 1.71 bits per heavy atom. The Hall–Kier alpha value is -2.51. The van der Waals surface area contributed by atoms with Crippen LogP contribution in [-0.4, -0.2) is 36.0 Å². The molecule has 0 saturated carbocycles. The molecule has 90 valence electrons. The van der Waals surface area contributed by atoms with Crippen molar-refractivity contribution in [3.8, 4) is 5.88 Å². The van der Waals surface area contributed by atoms with Gasteiger partial charge in [0.05, 0.1) is 17.7 Å². The number of hydrogen-bond donors (Lipinski definition) is 2. The van der Waals surface area contributed by atoms with Crippen LogP contribution >= 0.6 is 0 Å². The summed E-state index contributed by atoms with van der Waals surface area (Å²) in [6.45, 7) is 0. The second kappa shape index (κ2) is 5.54. The largest absolute Gasteiger partial charge is 0.476 e. The highest BCUT2D eigenvalue weighted by Crippen LogP contribution is 2.23. The SMILES string of the molecule is CN/N=C(\C=N)c1ccc([N+](=O)[O-])c(OC)n1. The number of nitrogens with one attached hydrogen (secondary N) is 2. The van der Waals surface area contributed by atoms with Gasteiger partial charge in [-0.25, -0.2) is 4.98 Å². The summed E-state index contributed by atoms with van der Waals surface area (Å²) in [5, 5.41) is 21.6. The molecular formula is C9H11N5O3. The first kappa shape index (κ1) is 12.6. The van der Waals surface area contributed by atoms with E-state index in [1.165, 1.54) is 19.2 Å². The smallest absolute Gasteiger partial charge is 0.330 e. The van der Waals surface area contributed by atoms with E-state index in [4.69, 9.17) is 10.1 Å². The average Bonchev–Trinajstić information content (AvgIpc) is 2.34. The summed E-state index contributed by atoms with van der Waals surface area (Å²) < 4.78 is 4.82. The van der Waals surface area contributed by atoms with E-state index in [0.717, 1.165) is 6.21 Å². The number of methoxy groups -OCH3 is 1. The van der Waals surface area contributed by atoms with Gasteiger partial charge >= 0.3 is 5.69 Å². The molecule has 0 fully saturated rings. The molecule has 0 spiro atoms. The maximum atomic E-state index is 10.7. The summed E-state index contributed by atoms with van der Waals surface area (Å²) in [6.07, 6.45) is 0.990. The van der Waals surface area contributed by atoms with Crippen LogP contribution in [-0.2, 0) is 0 Å². The van der Waals surface area contributed by atoms with E-state index in [0.29, 0.717) is 5.69 Å². The van der Waals surface area contributed by atoms with Crippen LogP contribution in [0.15, 0.2) is 17.2 Å². The molecule has 2 N–H and O–H groups in total. The van der Waals surface area contributed by atoms with Gasteiger partial charge in [0.1, 0.15) is 5.71 Å². The maximum absolute atomic E-state index is 10.7. The average molecular weight is 237 g/mol. The number of hydrogen-bond acceptors (Lipinski definition) is 7. The molecule has 0 aromatic carbocycles. The van der Waals surface area contributed by atoms with Crippen molar-refractivity contribution in [3.63, 3.8) is 0 Å². The molecule has 0 aliphatic heterocycles. The van der Waals surface area contributed by atoms with Gasteiger partial charge in [-0.2, -0.15) is 5.10 Å². The predicted molar refractivity (Wildman–Crippen MR) is 61.8 cm³/mol. The molecule has 0 amide bonds. The van der Waals surface area contributed by atoms with Gasteiger partial charge in [0.2, 0.25) is 0 Å². The highest BCUT2D eigenvalue weighted by molar-refractivity contribution is 6.36. The van der Waals surface area contributed by atoms with Gasteiger partial charge in [0, 0.05) is 19.3 Å². The van der Waals surface area contributed by atoms with E-state index in [1.54, 1.807) is 7.05 Å². The fourth-order valence-corrected chi connectivity index (χ4v) is 1.15. The first-order valence-corrected chi connectivity index (χ1v) is 4.58. The van der Waals surface area contributed by atoms with Crippen molar-refractivity contribution in [3.05, 3.63) is 27.9 Å². The summed E-state index contributed by atoms with van der Waals surface area (Å²) in [5.41, 5.74) is 2.85. The second-order valence-corrected chi connectivity index (χ2v) is 2.85. The van der Waals surface area contributed by atoms with Gasteiger partial charge in [-0.3, -0.25) is 10.1 Å². The van der Waals surface area contributed by atoms with Gasteiger partial charge in [0.15, 0.2) is 0 Å². The molecule has 8 nitrogen and oxygen atoms in total. The van der Waals surface area contributed by atoms with Crippen LogP contribution in [0.4, 0.5) is 5.69 Å². The predicted octanol–water partition coefficient (Wildman–Crippen LogP) is 0.571. The zero-order valence-electron chi connectivity index (χ0n) is 9.30. The lowest BCUT2D eigenvalue weighted by atomic mass is 10.2. The van der Waals surface area contributed by atoms with Gasteiger partial charge in [-0.15, -0.1) is 0 Å². The van der Waals surface area contributed by atoms with E-state index < -0.39 is 4.92 Å². The molecule has 1 aromatic heterocycles. The number of nitrogens with zero attached hydrogens (tertiary/aromatic N) is 3. The number of ether oxygens (including phenoxy) is 1. The summed E-state index contributed by atoms with van der Waals surface area (Å²) in [5.74, 6) is -0.113. The van der Waals surface area contributed by atoms with Crippen LogP contribution in [0.3, 0.4) is 0 Å². The van der Waals surface area contributed by atoms with Gasteiger partial charge in [-0.1, -0.05) is 0 Å². The third kappa shape index (κ3) is 2.74. The Bertz CT molecular complexity index is 472. The molecule has 0 radical (unpaired) electrons. The lowest BCUT2D eigenvalue weighted by Gasteiger charge is -2.03. The first-order chi connectivity index (χ1) is 8.13. The zero-order valence-corrected chi connectivity index (χ0v) is 9.30. The van der Waals surface area contributed by atoms with Gasteiger partial charge in [-0.05, 0) is 6.07 Å². The molecule has 0 saturated heterocycles. The molecule has 0 atom stereocenters. The first-order valence-electron chi connectivity index (χ1n) is 4.58. The molecule has 8 heteroatoms. The van der Waals surface area contributed by atoms with Crippen molar-refractivity contribution in [2.75, 3.05) is 14.2 Å². The molecule has 1 heterocycles. The van der Waals surface area contributed by atoms with E-state index in [-0.39, 0.29) is 17.3 Å². The van der Waals surface area contributed by atoms with Crippen molar-refractivity contribution >= 4 is 17.6 Å². The number of aromatic nitrogens is 1. The van der Waals surface area contributed by atoms with Gasteiger partial charge in [0.25, 0.3) is 5.88 Å². The van der Waals surface area contributed by atoms with Crippen LogP contribution in [0.1, 0.15) is 5.69 Å². The lowest BCUT2D eigenvalue weighted by molar-refractivity contribution is -0.386. The third-order valence-electron chi connectivity index (χ3n) is 1.86.